The minimum atomic E-state index is -4.47. The molecule has 0 aliphatic rings. The van der Waals surface area contributed by atoms with Crippen molar-refractivity contribution >= 4 is 28.7 Å². The summed E-state index contributed by atoms with van der Waals surface area (Å²) >= 11 is 0. The molecular weight excluding hydrogens is 411 g/mol. The Balaban J connectivity index is 1.83. The van der Waals surface area contributed by atoms with Gasteiger partial charge in [-0.3, -0.25) is 10.1 Å². The summed E-state index contributed by atoms with van der Waals surface area (Å²) in [6.45, 7) is 2.11. The van der Waals surface area contributed by atoms with Crippen molar-refractivity contribution in [2.45, 2.75) is 32.4 Å². The van der Waals surface area contributed by atoms with E-state index in [4.69, 9.17) is 0 Å². The Labute approximate surface area is 176 Å². The number of aromatic nitrogens is 2. The van der Waals surface area contributed by atoms with Crippen LogP contribution in [0.1, 0.15) is 30.9 Å². The predicted molar refractivity (Wildman–Crippen MR) is 112 cm³/mol. The minimum Gasteiger partial charge on any atom is -0.334 e. The molecule has 10 heteroatoms. The highest BCUT2D eigenvalue weighted by atomic mass is 19.4. The molecule has 2 N–H and O–H groups in total. The van der Waals surface area contributed by atoms with Crippen LogP contribution in [0.3, 0.4) is 0 Å². The van der Waals surface area contributed by atoms with Crippen LogP contribution in [-0.4, -0.2) is 14.9 Å². The van der Waals surface area contributed by atoms with Crippen LogP contribution < -0.4 is 10.6 Å². The number of nitrogens with one attached hydrogen (secondary N) is 2. The smallest absolute Gasteiger partial charge is 0.334 e. The van der Waals surface area contributed by atoms with Crippen LogP contribution in [0, 0.1) is 10.1 Å². The molecular formula is C21H20F3N5O2. The van der Waals surface area contributed by atoms with Gasteiger partial charge in [-0.2, -0.15) is 13.2 Å². The highest BCUT2D eigenvalue weighted by molar-refractivity contribution is 5.76. The zero-order valence-corrected chi connectivity index (χ0v) is 16.6. The first-order valence-electron chi connectivity index (χ1n) is 9.57. The molecule has 7 nitrogen and oxygen atoms in total. The zero-order chi connectivity index (χ0) is 22.4. The number of anilines is 4. The fourth-order valence-electron chi connectivity index (χ4n) is 2.89. The van der Waals surface area contributed by atoms with Gasteiger partial charge in [-0.15, -0.1) is 0 Å². The molecule has 2 aromatic carbocycles. The third-order valence-electron chi connectivity index (χ3n) is 4.52. The van der Waals surface area contributed by atoms with Gasteiger partial charge in [0.25, 0.3) is 0 Å². The van der Waals surface area contributed by atoms with Crippen molar-refractivity contribution in [3.8, 4) is 0 Å². The lowest BCUT2D eigenvalue weighted by atomic mass is 10.1. The Morgan fingerprint density at radius 1 is 0.935 bits per heavy atom. The lowest BCUT2D eigenvalue weighted by Crippen LogP contribution is -2.06. The van der Waals surface area contributed by atoms with Crippen molar-refractivity contribution in [2.75, 3.05) is 10.6 Å². The second-order valence-corrected chi connectivity index (χ2v) is 6.80. The average molecular weight is 431 g/mol. The summed E-state index contributed by atoms with van der Waals surface area (Å²) in [6, 6.07) is 11.6. The average Bonchev–Trinajstić information content (AvgIpc) is 2.73. The number of hydrogen-bond acceptors (Lipinski definition) is 6. The van der Waals surface area contributed by atoms with Crippen molar-refractivity contribution in [3.05, 3.63) is 76.1 Å². The van der Waals surface area contributed by atoms with Crippen molar-refractivity contribution in [3.63, 3.8) is 0 Å². The van der Waals surface area contributed by atoms with Gasteiger partial charge in [0.15, 0.2) is 0 Å². The van der Waals surface area contributed by atoms with Gasteiger partial charge in [-0.25, -0.2) is 9.97 Å². The SMILES string of the molecule is CCCCc1ccc(Nc2ncnc(Nc3ccc(C(F)(F)F)cc3)c2[N+](=O)[O-])cc1. The predicted octanol–water partition coefficient (Wildman–Crippen LogP) is 6.23. The first kappa shape index (κ1) is 22.0. The van der Waals surface area contributed by atoms with Crippen molar-refractivity contribution in [2.24, 2.45) is 0 Å². The molecule has 0 amide bonds. The number of alkyl halides is 3. The van der Waals surface area contributed by atoms with E-state index in [-0.39, 0.29) is 17.3 Å². The summed E-state index contributed by atoms with van der Waals surface area (Å²) in [6.07, 6.45) is -0.226. The van der Waals surface area contributed by atoms with Crippen molar-refractivity contribution in [1.82, 2.24) is 9.97 Å². The van der Waals surface area contributed by atoms with Gasteiger partial charge < -0.3 is 10.6 Å². The quantitative estimate of drug-likeness (QED) is 0.324. The molecule has 3 rings (SSSR count). The van der Waals surface area contributed by atoms with Crippen LogP contribution in [0.4, 0.5) is 41.9 Å². The number of hydrogen-bond donors (Lipinski definition) is 2. The lowest BCUT2D eigenvalue weighted by Gasteiger charge is -2.11. The van der Waals surface area contributed by atoms with Crippen LogP contribution in [0.2, 0.25) is 0 Å². The molecule has 31 heavy (non-hydrogen) atoms. The summed E-state index contributed by atoms with van der Waals surface area (Å²) in [7, 11) is 0. The number of rotatable bonds is 8. The molecule has 1 aromatic heterocycles. The molecule has 0 unspecified atom stereocenters. The van der Waals surface area contributed by atoms with E-state index in [9.17, 15) is 23.3 Å². The molecule has 0 fully saturated rings. The molecule has 1 heterocycles. The molecule has 0 bridgehead atoms. The topological polar surface area (TPSA) is 93.0 Å². The Morgan fingerprint density at radius 2 is 1.45 bits per heavy atom. The van der Waals surface area contributed by atoms with Crippen molar-refractivity contribution < 1.29 is 18.1 Å². The third-order valence-corrected chi connectivity index (χ3v) is 4.52. The van der Waals surface area contributed by atoms with Crippen LogP contribution in [0.25, 0.3) is 0 Å². The van der Waals surface area contributed by atoms with Gasteiger partial charge in [-0.1, -0.05) is 25.5 Å². The molecule has 0 aliphatic carbocycles. The lowest BCUT2D eigenvalue weighted by molar-refractivity contribution is -0.383. The molecule has 0 aliphatic heterocycles. The fraction of sp³-hybridized carbons (Fsp3) is 0.238. The first-order valence-corrected chi connectivity index (χ1v) is 9.57. The molecule has 162 valence electrons. The van der Waals surface area contributed by atoms with Crippen LogP contribution in [0.15, 0.2) is 54.9 Å². The summed E-state index contributed by atoms with van der Waals surface area (Å²) in [5, 5.41) is 17.3. The summed E-state index contributed by atoms with van der Waals surface area (Å²) in [5.74, 6) is -0.169. The minimum absolute atomic E-state index is 0.0317. The number of halogens is 3. The van der Waals surface area contributed by atoms with E-state index in [1.165, 1.54) is 12.1 Å². The molecule has 0 saturated heterocycles. The van der Waals surface area contributed by atoms with Crippen LogP contribution in [0.5, 0.6) is 0 Å². The maximum absolute atomic E-state index is 12.7. The molecule has 0 spiro atoms. The highest BCUT2D eigenvalue weighted by Crippen LogP contribution is 2.34. The fourth-order valence-corrected chi connectivity index (χ4v) is 2.89. The van der Waals surface area contributed by atoms with Gasteiger partial charge in [0.1, 0.15) is 6.33 Å². The van der Waals surface area contributed by atoms with Gasteiger partial charge in [0, 0.05) is 11.4 Å². The normalized spacial score (nSPS) is 11.2. The summed E-state index contributed by atoms with van der Waals surface area (Å²) < 4.78 is 38.2. The van der Waals surface area contributed by atoms with E-state index in [0.29, 0.717) is 5.69 Å². The van der Waals surface area contributed by atoms with Crippen LogP contribution >= 0.6 is 0 Å². The van der Waals surface area contributed by atoms with Gasteiger partial charge in [0.2, 0.25) is 11.6 Å². The van der Waals surface area contributed by atoms with Gasteiger partial charge in [0.05, 0.1) is 10.5 Å². The number of aryl methyl sites for hydroxylation is 1. The zero-order valence-electron chi connectivity index (χ0n) is 16.6. The molecule has 0 atom stereocenters. The number of nitro groups is 1. The van der Waals surface area contributed by atoms with E-state index in [2.05, 4.69) is 27.5 Å². The maximum atomic E-state index is 12.7. The van der Waals surface area contributed by atoms with E-state index in [1.54, 1.807) is 12.1 Å². The Bertz CT molecular complexity index is 1040. The first-order chi connectivity index (χ1) is 14.8. The summed E-state index contributed by atoms with van der Waals surface area (Å²) in [5.41, 5.74) is 0.759. The van der Waals surface area contributed by atoms with E-state index in [0.717, 1.165) is 43.3 Å². The highest BCUT2D eigenvalue weighted by Gasteiger charge is 2.30. The van der Waals surface area contributed by atoms with E-state index in [1.807, 2.05) is 12.1 Å². The Morgan fingerprint density at radius 3 is 1.90 bits per heavy atom. The molecule has 0 saturated carbocycles. The maximum Gasteiger partial charge on any atom is 0.416 e. The third kappa shape index (κ3) is 5.68. The largest absolute Gasteiger partial charge is 0.416 e. The number of benzene rings is 2. The molecule has 3 aromatic rings. The van der Waals surface area contributed by atoms with Crippen molar-refractivity contribution in [1.29, 1.82) is 0 Å². The second kappa shape index (κ2) is 9.41. The van der Waals surface area contributed by atoms with Crippen LogP contribution in [-0.2, 0) is 12.6 Å². The monoisotopic (exact) mass is 431 g/mol. The second-order valence-electron chi connectivity index (χ2n) is 6.80. The Kier molecular flexibility index (Phi) is 6.68. The van der Waals surface area contributed by atoms with E-state index < -0.39 is 22.4 Å². The van der Waals surface area contributed by atoms with E-state index >= 15 is 0 Å². The molecule has 0 radical (unpaired) electrons. The number of unbranched alkanes of at least 4 members (excludes halogenated alkanes) is 1. The standard InChI is InChI=1S/C21H20F3N5O2/c1-2-3-4-14-5-9-16(10-6-14)27-19-18(29(30)31)20(26-13-25-19)28-17-11-7-15(8-12-17)21(22,23)24/h5-13H,2-4H2,1H3,(H2,25,26,27,28). The van der Waals surface area contributed by atoms with Gasteiger partial charge >= 0.3 is 11.9 Å². The van der Waals surface area contributed by atoms with Gasteiger partial charge in [-0.05, 0) is 54.8 Å². The Hall–Kier alpha value is -3.69. The number of nitrogens with zero attached hydrogens (tertiary/aromatic N) is 3. The summed E-state index contributed by atoms with van der Waals surface area (Å²) in [4.78, 5) is 18.9.